The minimum Gasteiger partial charge on any atom is -0.467 e. The third-order valence-corrected chi connectivity index (χ3v) is 1.99. The zero-order valence-electron chi connectivity index (χ0n) is 6.01. The lowest BCUT2D eigenvalue weighted by Gasteiger charge is -2.09. The molecular formula is C8H12O2. The molecule has 0 aliphatic heterocycles. The van der Waals surface area contributed by atoms with E-state index in [2.05, 4.69) is 11.3 Å². The molecule has 1 rings (SSSR count). The fourth-order valence-corrected chi connectivity index (χ4v) is 1.10. The van der Waals surface area contributed by atoms with Crippen LogP contribution < -0.4 is 0 Å². The van der Waals surface area contributed by atoms with Gasteiger partial charge in [-0.25, -0.2) is 0 Å². The first kappa shape index (κ1) is 7.32. The van der Waals surface area contributed by atoms with Crippen molar-refractivity contribution in [1.82, 2.24) is 0 Å². The maximum atomic E-state index is 9.84. The molecule has 0 unspecified atom stereocenters. The second-order valence-corrected chi connectivity index (χ2v) is 2.90. The summed E-state index contributed by atoms with van der Waals surface area (Å²) in [5.41, 5.74) is 0.280. The molecule has 0 amide bonds. The van der Waals surface area contributed by atoms with Gasteiger partial charge in [0.2, 0.25) is 0 Å². The summed E-state index contributed by atoms with van der Waals surface area (Å²) in [5.74, 6) is 0. The van der Waals surface area contributed by atoms with Gasteiger partial charge in [0, 0.05) is 5.41 Å². The Bertz CT molecular complexity index is 136. The van der Waals surface area contributed by atoms with Gasteiger partial charge in [0.1, 0.15) is 0 Å². The molecule has 0 heterocycles. The number of hydrogen-bond donors (Lipinski definition) is 0. The van der Waals surface area contributed by atoms with Crippen LogP contribution >= 0.6 is 0 Å². The first-order chi connectivity index (χ1) is 4.83. The number of hydrogen-bond acceptors (Lipinski definition) is 2. The maximum absolute atomic E-state index is 9.84. The third-order valence-electron chi connectivity index (χ3n) is 1.99. The lowest BCUT2D eigenvalue weighted by atomic mass is 10.0. The molecule has 10 heavy (non-hydrogen) atoms. The molecule has 0 bridgehead atoms. The van der Waals surface area contributed by atoms with Gasteiger partial charge in [0.25, 0.3) is 6.47 Å². The summed E-state index contributed by atoms with van der Waals surface area (Å²) in [6.45, 7) is 4.74. The van der Waals surface area contributed by atoms with Gasteiger partial charge in [-0.3, -0.25) is 4.79 Å². The van der Waals surface area contributed by atoms with Gasteiger partial charge in [-0.05, 0) is 19.3 Å². The van der Waals surface area contributed by atoms with Crippen LogP contribution in [0.2, 0.25) is 0 Å². The lowest BCUT2D eigenvalue weighted by molar-refractivity contribution is -0.130. The summed E-state index contributed by atoms with van der Waals surface area (Å²) >= 11 is 0. The Morgan fingerprint density at radius 2 is 2.30 bits per heavy atom. The molecule has 0 aromatic rings. The highest BCUT2D eigenvalue weighted by atomic mass is 16.5. The predicted molar refractivity (Wildman–Crippen MR) is 38.5 cm³/mol. The normalized spacial score (nSPS) is 19.6. The van der Waals surface area contributed by atoms with Crippen molar-refractivity contribution in [1.29, 1.82) is 0 Å². The van der Waals surface area contributed by atoms with Gasteiger partial charge in [0.05, 0.1) is 6.61 Å². The minimum absolute atomic E-state index is 0.280. The second-order valence-electron chi connectivity index (χ2n) is 2.90. The van der Waals surface area contributed by atoms with Crippen molar-refractivity contribution in [2.45, 2.75) is 19.3 Å². The molecule has 0 aromatic carbocycles. The number of allylic oxidation sites excluding steroid dienone is 1. The van der Waals surface area contributed by atoms with E-state index in [0.717, 1.165) is 6.42 Å². The van der Waals surface area contributed by atoms with Crippen molar-refractivity contribution in [3.05, 3.63) is 12.7 Å². The molecule has 0 N–H and O–H groups in total. The first-order valence-electron chi connectivity index (χ1n) is 3.49. The summed E-state index contributed by atoms with van der Waals surface area (Å²) in [7, 11) is 0. The van der Waals surface area contributed by atoms with Crippen molar-refractivity contribution in [3.63, 3.8) is 0 Å². The lowest BCUT2D eigenvalue weighted by Crippen LogP contribution is -2.08. The van der Waals surface area contributed by atoms with Gasteiger partial charge in [-0.2, -0.15) is 0 Å². The summed E-state index contributed by atoms with van der Waals surface area (Å²) in [6, 6.07) is 0. The van der Waals surface area contributed by atoms with Crippen LogP contribution in [-0.4, -0.2) is 13.1 Å². The molecule has 56 valence electrons. The SMILES string of the molecule is C=CCC1(COC=O)CC1. The zero-order chi connectivity index (χ0) is 7.45. The standard InChI is InChI=1S/C8H12O2/c1-2-3-8(4-5-8)6-10-7-9/h2,7H,1,3-6H2. The van der Waals surface area contributed by atoms with Crippen LogP contribution in [0.15, 0.2) is 12.7 Å². The largest absolute Gasteiger partial charge is 0.467 e. The van der Waals surface area contributed by atoms with E-state index < -0.39 is 0 Å². The van der Waals surface area contributed by atoms with Crippen molar-refractivity contribution in [2.24, 2.45) is 5.41 Å². The van der Waals surface area contributed by atoms with E-state index in [1.807, 2.05) is 6.08 Å². The average Bonchev–Trinajstić information content (AvgIpc) is 2.67. The molecule has 2 heteroatoms. The molecule has 1 saturated carbocycles. The van der Waals surface area contributed by atoms with Crippen LogP contribution in [0.25, 0.3) is 0 Å². The van der Waals surface area contributed by atoms with Crippen LogP contribution in [0.5, 0.6) is 0 Å². The van der Waals surface area contributed by atoms with Crippen molar-refractivity contribution in [2.75, 3.05) is 6.61 Å². The molecule has 1 aliphatic rings. The quantitative estimate of drug-likeness (QED) is 0.427. The van der Waals surface area contributed by atoms with E-state index in [4.69, 9.17) is 0 Å². The Hall–Kier alpha value is -0.790. The van der Waals surface area contributed by atoms with Crippen LogP contribution in [0.1, 0.15) is 19.3 Å². The third kappa shape index (κ3) is 1.59. The highest BCUT2D eigenvalue weighted by Crippen LogP contribution is 2.48. The molecular weight excluding hydrogens is 128 g/mol. The van der Waals surface area contributed by atoms with Gasteiger partial charge in [0.15, 0.2) is 0 Å². The molecule has 0 saturated heterocycles. The first-order valence-corrected chi connectivity index (χ1v) is 3.49. The predicted octanol–water partition coefficient (Wildman–Crippen LogP) is 1.52. The smallest absolute Gasteiger partial charge is 0.293 e. The Kier molecular flexibility index (Phi) is 2.10. The minimum atomic E-state index is 0.280. The van der Waals surface area contributed by atoms with Crippen LogP contribution in [-0.2, 0) is 9.53 Å². The maximum Gasteiger partial charge on any atom is 0.293 e. The van der Waals surface area contributed by atoms with Crippen LogP contribution in [0.3, 0.4) is 0 Å². The fraction of sp³-hybridized carbons (Fsp3) is 0.625. The van der Waals surface area contributed by atoms with Crippen molar-refractivity contribution >= 4 is 6.47 Å². The number of rotatable bonds is 5. The van der Waals surface area contributed by atoms with Gasteiger partial charge in [-0.1, -0.05) is 6.08 Å². The molecule has 1 fully saturated rings. The Balaban J connectivity index is 2.22. The zero-order valence-corrected chi connectivity index (χ0v) is 6.01. The van der Waals surface area contributed by atoms with Crippen molar-refractivity contribution < 1.29 is 9.53 Å². The van der Waals surface area contributed by atoms with E-state index in [1.54, 1.807) is 0 Å². The summed E-state index contributed by atoms with van der Waals surface area (Å²) in [6.07, 6.45) is 5.21. The fourth-order valence-electron chi connectivity index (χ4n) is 1.10. The Labute approximate surface area is 60.9 Å². The van der Waals surface area contributed by atoms with E-state index in [0.29, 0.717) is 13.1 Å². The molecule has 0 spiro atoms. The van der Waals surface area contributed by atoms with Crippen LogP contribution in [0, 0.1) is 5.41 Å². The monoisotopic (exact) mass is 140 g/mol. The van der Waals surface area contributed by atoms with Gasteiger partial charge < -0.3 is 4.74 Å². The molecule has 2 nitrogen and oxygen atoms in total. The second kappa shape index (κ2) is 2.86. The van der Waals surface area contributed by atoms with Gasteiger partial charge in [-0.15, -0.1) is 6.58 Å². The van der Waals surface area contributed by atoms with Crippen molar-refractivity contribution in [3.8, 4) is 0 Å². The van der Waals surface area contributed by atoms with E-state index in [1.165, 1.54) is 12.8 Å². The van der Waals surface area contributed by atoms with E-state index in [-0.39, 0.29) is 5.41 Å². The number of ether oxygens (including phenoxy) is 1. The summed E-state index contributed by atoms with van der Waals surface area (Å²) in [4.78, 5) is 9.84. The highest BCUT2D eigenvalue weighted by molar-refractivity contribution is 5.37. The molecule has 1 aliphatic carbocycles. The van der Waals surface area contributed by atoms with E-state index in [9.17, 15) is 4.79 Å². The Morgan fingerprint density at radius 3 is 2.70 bits per heavy atom. The topological polar surface area (TPSA) is 26.3 Å². The number of carbonyl (C=O) groups is 1. The summed E-state index contributed by atoms with van der Waals surface area (Å²) < 4.78 is 4.69. The molecule has 0 aromatic heterocycles. The van der Waals surface area contributed by atoms with Crippen LogP contribution in [0.4, 0.5) is 0 Å². The van der Waals surface area contributed by atoms with Gasteiger partial charge >= 0.3 is 0 Å². The average molecular weight is 140 g/mol. The van der Waals surface area contributed by atoms with E-state index >= 15 is 0 Å². The summed E-state index contributed by atoms with van der Waals surface area (Å²) in [5, 5.41) is 0. The Morgan fingerprint density at radius 1 is 1.60 bits per heavy atom. The highest BCUT2D eigenvalue weighted by Gasteiger charge is 2.41. The number of carbonyl (C=O) groups excluding carboxylic acids is 1. The molecule has 0 radical (unpaired) electrons. The molecule has 0 atom stereocenters.